The van der Waals surface area contributed by atoms with Crippen molar-refractivity contribution < 1.29 is 9.90 Å². The summed E-state index contributed by atoms with van der Waals surface area (Å²) in [6.07, 6.45) is 0.673. The van der Waals surface area contributed by atoms with Crippen molar-refractivity contribution in [3.63, 3.8) is 0 Å². The second kappa shape index (κ2) is 4.42. The molecule has 2 heteroatoms. The molecule has 0 atom stereocenters. The minimum atomic E-state index is 0.0555. The number of aldehydes is 1. The summed E-state index contributed by atoms with van der Waals surface area (Å²) in [5.41, 5.74) is 4.20. The second-order valence-corrected chi connectivity index (χ2v) is 4.13. The average molecular weight is 226 g/mol. The molecule has 1 N–H and O–H groups in total. The van der Waals surface area contributed by atoms with E-state index in [1.54, 1.807) is 12.1 Å². The number of phenolic OH excluding ortho intramolecular Hbond substituents is 1. The SMILES string of the molecule is Cc1cccc(C)c1-c1cccc(C=O)c1O. The molecular formula is C15H14O2. The van der Waals surface area contributed by atoms with E-state index >= 15 is 0 Å². The Labute approximate surface area is 101 Å². The molecule has 0 aromatic heterocycles. The number of benzene rings is 2. The number of hydrogen-bond acceptors (Lipinski definition) is 2. The van der Waals surface area contributed by atoms with Crippen molar-refractivity contribution in [3.05, 3.63) is 53.1 Å². The molecule has 86 valence electrons. The fourth-order valence-corrected chi connectivity index (χ4v) is 2.10. The summed E-state index contributed by atoms with van der Waals surface area (Å²) in [5.74, 6) is 0.0555. The third-order valence-electron chi connectivity index (χ3n) is 2.94. The van der Waals surface area contributed by atoms with Crippen LogP contribution in [-0.4, -0.2) is 11.4 Å². The molecule has 0 heterocycles. The Bertz CT molecular complexity index is 551. The van der Waals surface area contributed by atoms with Crippen LogP contribution in [0.3, 0.4) is 0 Å². The van der Waals surface area contributed by atoms with E-state index in [1.807, 2.05) is 38.1 Å². The van der Waals surface area contributed by atoms with Gasteiger partial charge in [-0.3, -0.25) is 4.79 Å². The van der Waals surface area contributed by atoms with E-state index in [0.29, 0.717) is 17.4 Å². The van der Waals surface area contributed by atoms with Gasteiger partial charge in [0.05, 0.1) is 5.56 Å². The monoisotopic (exact) mass is 226 g/mol. The van der Waals surface area contributed by atoms with Crippen LogP contribution in [0, 0.1) is 13.8 Å². The largest absolute Gasteiger partial charge is 0.507 e. The first-order valence-corrected chi connectivity index (χ1v) is 5.49. The Morgan fingerprint density at radius 1 is 1.00 bits per heavy atom. The summed E-state index contributed by atoms with van der Waals surface area (Å²) >= 11 is 0. The zero-order valence-electron chi connectivity index (χ0n) is 9.90. The molecule has 2 rings (SSSR count). The van der Waals surface area contributed by atoms with Gasteiger partial charge in [-0.1, -0.05) is 30.3 Å². The molecule has 0 radical (unpaired) electrons. The molecule has 0 fully saturated rings. The Kier molecular flexibility index (Phi) is 2.96. The first-order chi connectivity index (χ1) is 8.15. The van der Waals surface area contributed by atoms with E-state index in [-0.39, 0.29) is 5.75 Å². The van der Waals surface area contributed by atoms with Gasteiger partial charge in [-0.05, 0) is 36.6 Å². The lowest BCUT2D eigenvalue weighted by Crippen LogP contribution is -1.90. The average Bonchev–Trinajstić information content (AvgIpc) is 2.31. The number of aromatic hydroxyl groups is 1. The van der Waals surface area contributed by atoms with E-state index < -0.39 is 0 Å². The number of aryl methyl sites for hydroxylation is 2. The summed E-state index contributed by atoms with van der Waals surface area (Å²) in [5, 5.41) is 10.1. The fraction of sp³-hybridized carbons (Fsp3) is 0.133. The highest BCUT2D eigenvalue weighted by atomic mass is 16.3. The summed E-state index contributed by atoms with van der Waals surface area (Å²) in [7, 11) is 0. The molecule has 0 unspecified atom stereocenters. The molecule has 0 aliphatic heterocycles. The molecule has 0 spiro atoms. The van der Waals surface area contributed by atoms with Gasteiger partial charge in [0.25, 0.3) is 0 Å². The Hall–Kier alpha value is -2.09. The number of para-hydroxylation sites is 1. The lowest BCUT2D eigenvalue weighted by Gasteiger charge is -2.12. The molecule has 0 aliphatic carbocycles. The van der Waals surface area contributed by atoms with Crippen LogP contribution in [0.15, 0.2) is 36.4 Å². The Morgan fingerprint density at radius 3 is 2.18 bits per heavy atom. The van der Waals surface area contributed by atoms with Crippen molar-refractivity contribution in [2.24, 2.45) is 0 Å². The summed E-state index contributed by atoms with van der Waals surface area (Å²) in [6, 6.07) is 11.2. The number of carbonyl (C=O) groups is 1. The van der Waals surface area contributed by atoms with Gasteiger partial charge in [-0.25, -0.2) is 0 Å². The van der Waals surface area contributed by atoms with Gasteiger partial charge in [0, 0.05) is 5.56 Å². The van der Waals surface area contributed by atoms with E-state index in [4.69, 9.17) is 0 Å². The van der Waals surface area contributed by atoms with Crippen LogP contribution >= 0.6 is 0 Å². The van der Waals surface area contributed by atoms with Crippen molar-refractivity contribution in [1.29, 1.82) is 0 Å². The predicted molar refractivity (Wildman–Crippen MR) is 68.4 cm³/mol. The van der Waals surface area contributed by atoms with E-state index in [9.17, 15) is 9.90 Å². The highest BCUT2D eigenvalue weighted by Gasteiger charge is 2.12. The van der Waals surface area contributed by atoms with Crippen molar-refractivity contribution in [3.8, 4) is 16.9 Å². The van der Waals surface area contributed by atoms with E-state index in [2.05, 4.69) is 0 Å². The van der Waals surface area contributed by atoms with E-state index in [0.717, 1.165) is 16.7 Å². The minimum absolute atomic E-state index is 0.0555. The van der Waals surface area contributed by atoms with Crippen LogP contribution in [-0.2, 0) is 0 Å². The van der Waals surface area contributed by atoms with Gasteiger partial charge in [-0.2, -0.15) is 0 Å². The first kappa shape index (κ1) is 11.4. The maximum absolute atomic E-state index is 10.8. The summed E-state index contributed by atoms with van der Waals surface area (Å²) in [4.78, 5) is 10.8. The maximum Gasteiger partial charge on any atom is 0.153 e. The number of carbonyl (C=O) groups excluding carboxylic acids is 1. The van der Waals surface area contributed by atoms with Crippen LogP contribution in [0.2, 0.25) is 0 Å². The van der Waals surface area contributed by atoms with Gasteiger partial charge in [-0.15, -0.1) is 0 Å². The first-order valence-electron chi connectivity index (χ1n) is 5.49. The van der Waals surface area contributed by atoms with Crippen LogP contribution in [0.5, 0.6) is 5.75 Å². The molecular weight excluding hydrogens is 212 g/mol. The van der Waals surface area contributed by atoms with Gasteiger partial charge >= 0.3 is 0 Å². The summed E-state index contributed by atoms with van der Waals surface area (Å²) in [6.45, 7) is 3.99. The highest BCUT2D eigenvalue weighted by molar-refractivity contribution is 5.87. The third-order valence-corrected chi connectivity index (χ3v) is 2.94. The molecule has 0 aliphatic rings. The van der Waals surface area contributed by atoms with Gasteiger partial charge < -0.3 is 5.11 Å². The second-order valence-electron chi connectivity index (χ2n) is 4.13. The standard InChI is InChI=1S/C15H14O2/c1-10-5-3-6-11(2)14(10)13-8-4-7-12(9-16)15(13)17/h3-9,17H,1-2H3. The number of phenols is 1. The van der Waals surface area contributed by atoms with E-state index in [1.165, 1.54) is 0 Å². The van der Waals surface area contributed by atoms with Crippen LogP contribution < -0.4 is 0 Å². The lowest BCUT2D eigenvalue weighted by molar-refractivity contribution is 0.112. The van der Waals surface area contributed by atoms with Crippen LogP contribution in [0.1, 0.15) is 21.5 Å². The molecule has 17 heavy (non-hydrogen) atoms. The molecule has 0 amide bonds. The normalized spacial score (nSPS) is 10.2. The van der Waals surface area contributed by atoms with Crippen molar-refractivity contribution in [1.82, 2.24) is 0 Å². The quantitative estimate of drug-likeness (QED) is 0.796. The molecule has 0 saturated heterocycles. The zero-order chi connectivity index (χ0) is 12.4. The lowest BCUT2D eigenvalue weighted by atomic mass is 9.94. The smallest absolute Gasteiger partial charge is 0.153 e. The Morgan fingerprint density at radius 2 is 1.59 bits per heavy atom. The van der Waals surface area contributed by atoms with Crippen LogP contribution in [0.4, 0.5) is 0 Å². The van der Waals surface area contributed by atoms with Gasteiger partial charge in [0.15, 0.2) is 6.29 Å². The molecule has 2 aromatic carbocycles. The fourth-order valence-electron chi connectivity index (χ4n) is 2.10. The van der Waals surface area contributed by atoms with Gasteiger partial charge in [0.1, 0.15) is 5.75 Å². The van der Waals surface area contributed by atoms with Crippen LogP contribution in [0.25, 0.3) is 11.1 Å². The minimum Gasteiger partial charge on any atom is -0.507 e. The Balaban J connectivity index is 2.73. The third kappa shape index (κ3) is 1.94. The molecule has 2 aromatic rings. The topological polar surface area (TPSA) is 37.3 Å². The molecule has 0 saturated carbocycles. The van der Waals surface area contributed by atoms with Crippen molar-refractivity contribution in [2.75, 3.05) is 0 Å². The van der Waals surface area contributed by atoms with Gasteiger partial charge in [0.2, 0.25) is 0 Å². The maximum atomic E-state index is 10.8. The predicted octanol–water partition coefficient (Wildman–Crippen LogP) is 3.49. The van der Waals surface area contributed by atoms with Crippen molar-refractivity contribution >= 4 is 6.29 Å². The van der Waals surface area contributed by atoms with Crippen molar-refractivity contribution in [2.45, 2.75) is 13.8 Å². The zero-order valence-corrected chi connectivity index (χ0v) is 9.90. The number of rotatable bonds is 2. The summed E-state index contributed by atoms with van der Waals surface area (Å²) < 4.78 is 0. The molecule has 2 nitrogen and oxygen atoms in total. The number of hydrogen-bond donors (Lipinski definition) is 1. The highest BCUT2D eigenvalue weighted by Crippen LogP contribution is 2.35. The molecule has 0 bridgehead atoms.